The van der Waals surface area contributed by atoms with Gasteiger partial charge in [0.15, 0.2) is 0 Å². The predicted octanol–water partition coefficient (Wildman–Crippen LogP) is 0.450. The maximum absolute atomic E-state index is 13.2. The molecule has 1 atom stereocenters. The average Bonchev–Trinajstić information content (AvgIpc) is 2.28. The SMILES string of the molecule is CN(C)CC(C)(O)CNC(=O)c1ccc(N)c(F)c1. The van der Waals surface area contributed by atoms with Crippen LogP contribution in [0, 0.1) is 5.82 Å². The van der Waals surface area contributed by atoms with Gasteiger partial charge in [-0.15, -0.1) is 0 Å². The first-order valence-electron chi connectivity index (χ1n) is 5.91. The number of carbonyl (C=O) groups excluding carboxylic acids is 1. The van der Waals surface area contributed by atoms with Gasteiger partial charge >= 0.3 is 0 Å². The van der Waals surface area contributed by atoms with E-state index in [0.717, 1.165) is 6.07 Å². The fourth-order valence-corrected chi connectivity index (χ4v) is 1.78. The number of halogens is 1. The zero-order chi connectivity index (χ0) is 14.6. The van der Waals surface area contributed by atoms with Crippen LogP contribution in [0.2, 0.25) is 0 Å². The minimum absolute atomic E-state index is 0.00356. The van der Waals surface area contributed by atoms with Gasteiger partial charge in [0.2, 0.25) is 0 Å². The lowest BCUT2D eigenvalue weighted by Gasteiger charge is -2.27. The number of amides is 1. The number of benzene rings is 1. The number of nitrogens with two attached hydrogens (primary N) is 1. The normalized spacial score (nSPS) is 14.2. The lowest BCUT2D eigenvalue weighted by molar-refractivity contribution is 0.0326. The van der Waals surface area contributed by atoms with Crippen molar-refractivity contribution in [2.45, 2.75) is 12.5 Å². The number of anilines is 1. The molecule has 0 saturated heterocycles. The minimum Gasteiger partial charge on any atom is -0.396 e. The number of nitrogens with zero attached hydrogens (tertiary/aromatic N) is 1. The molecule has 19 heavy (non-hydrogen) atoms. The summed E-state index contributed by atoms with van der Waals surface area (Å²) in [5.74, 6) is -1.08. The molecule has 0 aromatic heterocycles. The van der Waals surface area contributed by atoms with Crippen LogP contribution in [0.4, 0.5) is 10.1 Å². The van der Waals surface area contributed by atoms with Gasteiger partial charge in [-0.2, -0.15) is 0 Å². The highest BCUT2D eigenvalue weighted by Crippen LogP contribution is 2.12. The van der Waals surface area contributed by atoms with Gasteiger partial charge < -0.3 is 21.1 Å². The number of nitrogen functional groups attached to an aromatic ring is 1. The summed E-state index contributed by atoms with van der Waals surface area (Å²) in [5.41, 5.74) is 4.45. The van der Waals surface area contributed by atoms with Crippen molar-refractivity contribution in [2.75, 3.05) is 32.9 Å². The maximum Gasteiger partial charge on any atom is 0.251 e. The van der Waals surface area contributed by atoms with Crippen molar-refractivity contribution in [3.8, 4) is 0 Å². The molecule has 1 amide bonds. The molecule has 0 aliphatic carbocycles. The Kier molecular flexibility index (Phi) is 4.85. The fraction of sp³-hybridized carbons (Fsp3) is 0.462. The van der Waals surface area contributed by atoms with E-state index >= 15 is 0 Å². The van der Waals surface area contributed by atoms with Crippen LogP contribution in [0.15, 0.2) is 18.2 Å². The Bertz CT molecular complexity index is 461. The Balaban J connectivity index is 2.62. The van der Waals surface area contributed by atoms with Gasteiger partial charge in [-0.3, -0.25) is 4.79 Å². The topological polar surface area (TPSA) is 78.6 Å². The number of hydrogen-bond donors (Lipinski definition) is 3. The lowest BCUT2D eigenvalue weighted by atomic mass is 10.1. The van der Waals surface area contributed by atoms with Crippen LogP contribution in [0.1, 0.15) is 17.3 Å². The molecule has 1 unspecified atom stereocenters. The molecule has 0 saturated carbocycles. The zero-order valence-electron chi connectivity index (χ0n) is 11.4. The van der Waals surface area contributed by atoms with E-state index < -0.39 is 17.3 Å². The zero-order valence-corrected chi connectivity index (χ0v) is 11.4. The summed E-state index contributed by atoms with van der Waals surface area (Å²) < 4.78 is 13.2. The summed E-state index contributed by atoms with van der Waals surface area (Å²) in [4.78, 5) is 13.6. The number of carbonyl (C=O) groups is 1. The van der Waals surface area contributed by atoms with Crippen LogP contribution < -0.4 is 11.1 Å². The summed E-state index contributed by atoms with van der Waals surface area (Å²) in [6.07, 6.45) is 0. The third kappa shape index (κ3) is 4.84. The summed E-state index contributed by atoms with van der Waals surface area (Å²) >= 11 is 0. The van der Waals surface area contributed by atoms with E-state index in [1.165, 1.54) is 12.1 Å². The molecule has 4 N–H and O–H groups in total. The largest absolute Gasteiger partial charge is 0.396 e. The lowest BCUT2D eigenvalue weighted by Crippen LogP contribution is -2.47. The molecule has 0 bridgehead atoms. The number of likely N-dealkylation sites (N-methyl/N-ethyl adjacent to an activating group) is 1. The van der Waals surface area contributed by atoms with Gasteiger partial charge in [-0.05, 0) is 39.2 Å². The Morgan fingerprint density at radius 3 is 2.68 bits per heavy atom. The summed E-state index contributed by atoms with van der Waals surface area (Å²) in [7, 11) is 3.65. The molecule has 0 radical (unpaired) electrons. The maximum atomic E-state index is 13.2. The van der Waals surface area contributed by atoms with Crippen LogP contribution in [0.3, 0.4) is 0 Å². The highest BCUT2D eigenvalue weighted by molar-refractivity contribution is 5.94. The van der Waals surface area contributed by atoms with E-state index in [1.54, 1.807) is 6.92 Å². The Hall–Kier alpha value is -1.66. The molecule has 106 valence electrons. The molecule has 1 rings (SSSR count). The van der Waals surface area contributed by atoms with Crippen molar-refractivity contribution in [1.29, 1.82) is 0 Å². The van der Waals surface area contributed by atoms with E-state index in [9.17, 15) is 14.3 Å². The third-order valence-electron chi connectivity index (χ3n) is 2.55. The van der Waals surface area contributed by atoms with Crippen LogP contribution in [-0.2, 0) is 0 Å². The first-order chi connectivity index (χ1) is 8.71. The van der Waals surface area contributed by atoms with Crippen LogP contribution in [0.5, 0.6) is 0 Å². The standard InChI is InChI=1S/C13H20FN3O2/c1-13(19,8-17(2)3)7-16-12(18)9-4-5-11(15)10(14)6-9/h4-6,19H,7-8,15H2,1-3H3,(H,16,18). The second-order valence-electron chi connectivity index (χ2n) is 5.15. The molecule has 5 nitrogen and oxygen atoms in total. The molecular weight excluding hydrogens is 249 g/mol. The van der Waals surface area contributed by atoms with Gasteiger partial charge in [-0.25, -0.2) is 4.39 Å². The third-order valence-corrected chi connectivity index (χ3v) is 2.55. The second kappa shape index (κ2) is 5.99. The van der Waals surface area contributed by atoms with Crippen molar-refractivity contribution >= 4 is 11.6 Å². The van der Waals surface area contributed by atoms with Crippen LogP contribution >= 0.6 is 0 Å². The Morgan fingerprint density at radius 2 is 2.16 bits per heavy atom. The highest BCUT2D eigenvalue weighted by atomic mass is 19.1. The Labute approximate surface area is 112 Å². The highest BCUT2D eigenvalue weighted by Gasteiger charge is 2.22. The van der Waals surface area contributed by atoms with Gasteiger partial charge in [0.05, 0.1) is 11.3 Å². The fourth-order valence-electron chi connectivity index (χ4n) is 1.78. The number of rotatable bonds is 5. The molecular formula is C13H20FN3O2. The molecule has 0 aliphatic rings. The molecule has 0 spiro atoms. The Morgan fingerprint density at radius 1 is 1.53 bits per heavy atom. The first-order valence-corrected chi connectivity index (χ1v) is 5.91. The van der Waals surface area contributed by atoms with E-state index in [0.29, 0.717) is 6.54 Å². The van der Waals surface area contributed by atoms with Crippen molar-refractivity contribution in [1.82, 2.24) is 10.2 Å². The van der Waals surface area contributed by atoms with Crippen molar-refractivity contribution in [3.63, 3.8) is 0 Å². The molecule has 0 heterocycles. The van der Waals surface area contributed by atoms with Gasteiger partial charge in [0, 0.05) is 18.7 Å². The van der Waals surface area contributed by atoms with E-state index in [-0.39, 0.29) is 17.8 Å². The monoisotopic (exact) mass is 269 g/mol. The smallest absolute Gasteiger partial charge is 0.251 e. The predicted molar refractivity (Wildman–Crippen MR) is 72.3 cm³/mol. The van der Waals surface area contributed by atoms with Crippen molar-refractivity contribution < 1.29 is 14.3 Å². The number of hydrogen-bond acceptors (Lipinski definition) is 4. The quantitative estimate of drug-likeness (QED) is 0.678. The first kappa shape index (κ1) is 15.4. The second-order valence-corrected chi connectivity index (χ2v) is 5.15. The summed E-state index contributed by atoms with van der Waals surface area (Å²) in [6.45, 7) is 2.11. The van der Waals surface area contributed by atoms with Gasteiger partial charge in [-0.1, -0.05) is 0 Å². The van der Waals surface area contributed by atoms with Gasteiger partial charge in [0.1, 0.15) is 5.82 Å². The summed E-state index contributed by atoms with van der Waals surface area (Å²) in [5, 5.41) is 12.6. The van der Waals surface area contributed by atoms with Crippen molar-refractivity contribution in [2.24, 2.45) is 0 Å². The molecule has 0 aliphatic heterocycles. The average molecular weight is 269 g/mol. The molecule has 0 fully saturated rings. The number of aliphatic hydroxyl groups is 1. The number of nitrogens with one attached hydrogen (secondary N) is 1. The van der Waals surface area contributed by atoms with E-state index in [2.05, 4.69) is 5.32 Å². The van der Waals surface area contributed by atoms with Crippen molar-refractivity contribution in [3.05, 3.63) is 29.6 Å². The minimum atomic E-state index is -1.05. The van der Waals surface area contributed by atoms with Crippen LogP contribution in [0.25, 0.3) is 0 Å². The van der Waals surface area contributed by atoms with E-state index in [4.69, 9.17) is 5.73 Å². The van der Waals surface area contributed by atoms with Gasteiger partial charge in [0.25, 0.3) is 5.91 Å². The van der Waals surface area contributed by atoms with Crippen LogP contribution in [-0.4, -0.2) is 48.7 Å². The van der Waals surface area contributed by atoms with E-state index in [1.807, 2.05) is 19.0 Å². The molecule has 6 heteroatoms. The molecule has 1 aromatic carbocycles. The summed E-state index contributed by atoms with van der Waals surface area (Å²) in [6, 6.07) is 3.85. The molecule has 1 aromatic rings.